The number of carbonyl (C=O) groups excluding carboxylic acids is 1. The summed E-state index contributed by atoms with van der Waals surface area (Å²) in [7, 11) is 0. The summed E-state index contributed by atoms with van der Waals surface area (Å²) in [5.41, 5.74) is 2.75. The molecule has 0 saturated heterocycles. The van der Waals surface area contributed by atoms with E-state index in [1.54, 1.807) is 42.6 Å². The maximum Gasteiger partial charge on any atom is 0.333 e. The molecule has 1 aromatic carbocycles. The highest BCUT2D eigenvalue weighted by molar-refractivity contribution is 5.99. The van der Waals surface area contributed by atoms with Gasteiger partial charge in [0, 0.05) is 25.8 Å². The lowest BCUT2D eigenvalue weighted by molar-refractivity contribution is 0.0958. The van der Waals surface area contributed by atoms with Crippen LogP contribution in [-0.2, 0) is 6.54 Å². The van der Waals surface area contributed by atoms with E-state index in [1.807, 2.05) is 17.0 Å². The first-order valence-electron chi connectivity index (χ1n) is 9.73. The largest absolute Gasteiger partial charge is 0.350 e. The molecule has 31 heavy (non-hydrogen) atoms. The summed E-state index contributed by atoms with van der Waals surface area (Å²) < 4.78 is 1.45. The summed E-state index contributed by atoms with van der Waals surface area (Å²) in [5.74, 6) is 0.703. The molecule has 0 unspecified atom stereocenters. The smallest absolute Gasteiger partial charge is 0.333 e. The van der Waals surface area contributed by atoms with Crippen LogP contribution in [0.3, 0.4) is 0 Å². The number of aromatic amines is 1. The Kier molecular flexibility index (Phi) is 4.45. The molecule has 9 nitrogen and oxygen atoms in total. The van der Waals surface area contributed by atoms with Crippen LogP contribution in [-0.4, -0.2) is 38.5 Å². The summed E-state index contributed by atoms with van der Waals surface area (Å²) in [6.07, 6.45) is 1.61. The molecule has 1 amide bonds. The van der Waals surface area contributed by atoms with Crippen molar-refractivity contribution in [1.82, 2.24) is 24.8 Å². The van der Waals surface area contributed by atoms with Gasteiger partial charge in [0.05, 0.1) is 22.7 Å². The van der Waals surface area contributed by atoms with Gasteiger partial charge in [0.25, 0.3) is 5.91 Å². The lowest BCUT2D eigenvalue weighted by Crippen LogP contribution is -2.30. The number of H-pyrrole nitrogens is 1. The quantitative estimate of drug-likeness (QED) is 0.530. The predicted octanol–water partition coefficient (Wildman–Crippen LogP) is 1.73. The Morgan fingerprint density at radius 1 is 1.10 bits per heavy atom. The van der Waals surface area contributed by atoms with Crippen LogP contribution in [0.5, 0.6) is 0 Å². The van der Waals surface area contributed by atoms with E-state index in [0.29, 0.717) is 53.6 Å². The average molecular weight is 411 g/mol. The maximum atomic E-state index is 12.6. The van der Waals surface area contributed by atoms with Gasteiger partial charge in [-0.2, -0.15) is 5.26 Å². The number of benzene rings is 1. The molecule has 0 radical (unpaired) electrons. The Balaban J connectivity index is 1.60. The number of aromatic nitrogens is 4. The van der Waals surface area contributed by atoms with Gasteiger partial charge in [-0.15, -0.1) is 0 Å². The number of nitriles is 1. The number of hydrogen-bond donors (Lipinski definition) is 2. The fourth-order valence-electron chi connectivity index (χ4n) is 3.71. The number of fused-ring (bicyclic) bond motifs is 2. The van der Waals surface area contributed by atoms with Gasteiger partial charge in [-0.05, 0) is 42.0 Å². The van der Waals surface area contributed by atoms with Crippen molar-refractivity contribution in [1.29, 1.82) is 5.26 Å². The van der Waals surface area contributed by atoms with E-state index in [9.17, 15) is 9.59 Å². The summed E-state index contributed by atoms with van der Waals surface area (Å²) >= 11 is 0. The molecule has 4 aromatic rings. The molecule has 152 valence electrons. The second-order valence-electron chi connectivity index (χ2n) is 7.16. The first-order chi connectivity index (χ1) is 15.1. The third-order valence-electron chi connectivity index (χ3n) is 5.21. The van der Waals surface area contributed by atoms with Crippen molar-refractivity contribution < 1.29 is 4.79 Å². The first kappa shape index (κ1) is 18.6. The van der Waals surface area contributed by atoms with E-state index >= 15 is 0 Å². The predicted molar refractivity (Wildman–Crippen MR) is 114 cm³/mol. The SMILES string of the molecule is N#Cc1ccc(CN2CCNC(=O)c3ccc(-n4c(=O)[nH]c5ncccc54)nc32)cc1. The van der Waals surface area contributed by atoms with Crippen molar-refractivity contribution in [2.75, 3.05) is 18.0 Å². The van der Waals surface area contributed by atoms with Gasteiger partial charge in [0.2, 0.25) is 0 Å². The van der Waals surface area contributed by atoms with Gasteiger partial charge in [0.15, 0.2) is 5.65 Å². The number of rotatable bonds is 3. The number of imidazole rings is 1. The Bertz CT molecular complexity index is 1400. The zero-order chi connectivity index (χ0) is 21.4. The molecular formula is C22H17N7O2. The van der Waals surface area contributed by atoms with Gasteiger partial charge in [0.1, 0.15) is 11.6 Å². The Morgan fingerprint density at radius 3 is 2.74 bits per heavy atom. The number of carbonyl (C=O) groups is 1. The number of nitrogens with zero attached hydrogens (tertiary/aromatic N) is 5. The third kappa shape index (κ3) is 3.30. The zero-order valence-corrected chi connectivity index (χ0v) is 16.4. The summed E-state index contributed by atoms with van der Waals surface area (Å²) in [4.78, 5) is 38.8. The second kappa shape index (κ2) is 7.42. The van der Waals surface area contributed by atoms with Crippen LogP contribution >= 0.6 is 0 Å². The molecule has 2 N–H and O–H groups in total. The van der Waals surface area contributed by atoms with Gasteiger partial charge < -0.3 is 10.2 Å². The molecule has 0 atom stereocenters. The molecule has 0 aliphatic carbocycles. The van der Waals surface area contributed by atoms with Crippen LogP contribution in [0.1, 0.15) is 21.5 Å². The monoisotopic (exact) mass is 411 g/mol. The van der Waals surface area contributed by atoms with Crippen molar-refractivity contribution in [2.45, 2.75) is 6.54 Å². The van der Waals surface area contributed by atoms with Gasteiger partial charge in [-0.3, -0.25) is 9.78 Å². The van der Waals surface area contributed by atoms with Crippen LogP contribution < -0.4 is 15.9 Å². The fourth-order valence-corrected chi connectivity index (χ4v) is 3.71. The van der Waals surface area contributed by atoms with E-state index in [0.717, 1.165) is 5.56 Å². The minimum Gasteiger partial charge on any atom is -0.350 e. The first-order valence-corrected chi connectivity index (χ1v) is 9.73. The number of pyridine rings is 2. The van der Waals surface area contributed by atoms with E-state index in [-0.39, 0.29) is 11.6 Å². The standard InChI is InChI=1S/C22H17N7O2/c23-12-14-3-5-15(6-4-14)13-28-11-10-25-21(30)16-7-8-18(26-20(16)28)29-17-2-1-9-24-19(17)27-22(29)31/h1-9H,10-11,13H2,(H,25,30)(H,24,27,31). The van der Waals surface area contributed by atoms with E-state index in [1.165, 1.54) is 4.57 Å². The van der Waals surface area contributed by atoms with Crippen molar-refractivity contribution in [2.24, 2.45) is 0 Å². The normalized spacial score (nSPS) is 13.4. The zero-order valence-electron chi connectivity index (χ0n) is 16.4. The fraction of sp³-hybridized carbons (Fsp3) is 0.136. The molecule has 0 fully saturated rings. The van der Waals surface area contributed by atoms with Gasteiger partial charge >= 0.3 is 5.69 Å². The number of nitrogens with one attached hydrogen (secondary N) is 2. The van der Waals surface area contributed by atoms with Crippen LogP contribution in [0.4, 0.5) is 5.82 Å². The number of hydrogen-bond acceptors (Lipinski definition) is 6. The van der Waals surface area contributed by atoms with Crippen molar-refractivity contribution in [3.05, 3.63) is 81.9 Å². The van der Waals surface area contributed by atoms with Gasteiger partial charge in [-0.1, -0.05) is 12.1 Å². The molecule has 1 aliphatic rings. The summed E-state index contributed by atoms with van der Waals surface area (Å²) in [6.45, 7) is 1.53. The highest BCUT2D eigenvalue weighted by atomic mass is 16.2. The van der Waals surface area contributed by atoms with Crippen molar-refractivity contribution in [3.63, 3.8) is 0 Å². The van der Waals surface area contributed by atoms with E-state index in [2.05, 4.69) is 21.4 Å². The highest BCUT2D eigenvalue weighted by Gasteiger charge is 2.24. The van der Waals surface area contributed by atoms with Crippen LogP contribution in [0.2, 0.25) is 0 Å². The summed E-state index contributed by atoms with van der Waals surface area (Å²) in [5, 5.41) is 11.9. The highest BCUT2D eigenvalue weighted by Crippen LogP contribution is 2.24. The Labute approximate surface area is 176 Å². The molecule has 4 heterocycles. The minimum atomic E-state index is -0.349. The van der Waals surface area contributed by atoms with Gasteiger partial charge in [-0.25, -0.2) is 19.3 Å². The topological polar surface area (TPSA) is 120 Å². The number of amides is 1. The molecular weight excluding hydrogens is 394 g/mol. The average Bonchev–Trinajstić information content (AvgIpc) is 3.05. The minimum absolute atomic E-state index is 0.204. The third-order valence-corrected chi connectivity index (χ3v) is 5.21. The molecule has 0 saturated carbocycles. The molecule has 0 spiro atoms. The van der Waals surface area contributed by atoms with E-state index < -0.39 is 0 Å². The van der Waals surface area contributed by atoms with Crippen molar-refractivity contribution >= 4 is 22.9 Å². The Morgan fingerprint density at radius 2 is 1.94 bits per heavy atom. The van der Waals surface area contributed by atoms with Crippen LogP contribution in [0, 0.1) is 11.3 Å². The lowest BCUT2D eigenvalue weighted by Gasteiger charge is -2.23. The second-order valence-corrected chi connectivity index (χ2v) is 7.16. The summed E-state index contributed by atoms with van der Waals surface area (Å²) in [6, 6.07) is 16.3. The number of anilines is 1. The molecule has 0 bridgehead atoms. The van der Waals surface area contributed by atoms with E-state index in [4.69, 9.17) is 10.2 Å². The molecule has 1 aliphatic heterocycles. The molecule has 9 heteroatoms. The maximum absolute atomic E-state index is 12.6. The van der Waals surface area contributed by atoms with Crippen LogP contribution in [0.15, 0.2) is 59.5 Å². The lowest BCUT2D eigenvalue weighted by atomic mass is 10.1. The van der Waals surface area contributed by atoms with Crippen LogP contribution in [0.25, 0.3) is 17.0 Å². The van der Waals surface area contributed by atoms with Crippen molar-refractivity contribution in [3.8, 4) is 11.9 Å². The Hall–Kier alpha value is -4.45. The molecule has 5 rings (SSSR count). The molecule has 3 aromatic heterocycles.